The van der Waals surface area contributed by atoms with Crippen LogP contribution in [0.4, 0.5) is 0 Å². The monoisotopic (exact) mass is 376 g/mol. The number of hydrogen-bond donors (Lipinski definition) is 5. The minimum absolute atomic E-state index is 0.205. The maximum absolute atomic E-state index is 11.9. The molecule has 0 bridgehead atoms. The molecule has 10 nitrogen and oxygen atoms in total. The first-order valence-electron chi connectivity index (χ1n) is 8.51. The molecule has 2 saturated heterocycles. The molecule has 5 N–H and O–H groups in total. The Labute approximate surface area is 149 Å². The highest BCUT2D eigenvalue weighted by atomic mass is 16.8. The van der Waals surface area contributed by atoms with E-state index in [-0.39, 0.29) is 12.5 Å². The van der Waals surface area contributed by atoms with Crippen molar-refractivity contribution in [3.63, 3.8) is 0 Å². The van der Waals surface area contributed by atoms with Gasteiger partial charge in [-0.2, -0.15) is 0 Å². The normalized spacial score (nSPS) is 44.4. The standard InChI is InChI=1S/C16H24O10/c1-6(18)10-7-2-3-23-14(22)8(7)5-24-15(10)26-16-13(21)12(20)11(19)9(4-17)25-16/h5-7,9-13,15-21H,2-4H2,1H3/t6?,7-,9-,10-,11-,12+,13-,15+,16+/m1/s1. The second kappa shape index (κ2) is 7.77. The number of rotatable bonds is 4. The molecule has 0 aromatic carbocycles. The Bertz CT molecular complexity index is 547. The lowest BCUT2D eigenvalue weighted by Gasteiger charge is -2.44. The highest BCUT2D eigenvalue weighted by molar-refractivity contribution is 5.89. The summed E-state index contributed by atoms with van der Waals surface area (Å²) < 4.78 is 21.3. The minimum atomic E-state index is -1.59. The van der Waals surface area contributed by atoms with Crippen LogP contribution in [0.1, 0.15) is 13.3 Å². The minimum Gasteiger partial charge on any atom is -0.471 e. The van der Waals surface area contributed by atoms with Gasteiger partial charge >= 0.3 is 5.97 Å². The lowest BCUT2D eigenvalue weighted by Crippen LogP contribution is -2.60. The van der Waals surface area contributed by atoms with Crippen LogP contribution in [0.15, 0.2) is 11.8 Å². The predicted molar refractivity (Wildman–Crippen MR) is 82.0 cm³/mol. The number of carbonyl (C=O) groups is 1. The van der Waals surface area contributed by atoms with Crippen molar-refractivity contribution in [2.75, 3.05) is 13.2 Å². The first-order chi connectivity index (χ1) is 12.3. The maximum Gasteiger partial charge on any atom is 0.337 e. The van der Waals surface area contributed by atoms with Gasteiger partial charge in [0.25, 0.3) is 0 Å². The van der Waals surface area contributed by atoms with E-state index >= 15 is 0 Å². The average Bonchev–Trinajstić information content (AvgIpc) is 2.61. The van der Waals surface area contributed by atoms with Crippen LogP contribution in [-0.2, 0) is 23.7 Å². The first kappa shape index (κ1) is 19.5. The third-order valence-electron chi connectivity index (χ3n) is 5.08. The van der Waals surface area contributed by atoms with Gasteiger partial charge in [0.1, 0.15) is 24.4 Å². The van der Waals surface area contributed by atoms with Gasteiger partial charge in [-0.25, -0.2) is 4.79 Å². The molecule has 0 amide bonds. The Morgan fingerprint density at radius 2 is 1.96 bits per heavy atom. The van der Waals surface area contributed by atoms with Crippen LogP contribution in [0, 0.1) is 11.8 Å². The third-order valence-corrected chi connectivity index (χ3v) is 5.08. The van der Waals surface area contributed by atoms with E-state index in [0.29, 0.717) is 12.0 Å². The van der Waals surface area contributed by atoms with Crippen LogP contribution >= 0.6 is 0 Å². The van der Waals surface area contributed by atoms with Gasteiger partial charge in [-0.05, 0) is 13.3 Å². The summed E-state index contributed by atoms with van der Waals surface area (Å²) in [5.41, 5.74) is 0.302. The van der Waals surface area contributed by atoms with E-state index in [1.165, 1.54) is 13.2 Å². The van der Waals surface area contributed by atoms with E-state index in [1.807, 2.05) is 0 Å². The number of fused-ring (bicyclic) bond motifs is 1. The van der Waals surface area contributed by atoms with E-state index in [1.54, 1.807) is 0 Å². The van der Waals surface area contributed by atoms with Gasteiger partial charge in [0.05, 0.1) is 37.1 Å². The lowest BCUT2D eigenvalue weighted by atomic mass is 9.78. The molecule has 0 aromatic heterocycles. The molecule has 0 spiro atoms. The smallest absolute Gasteiger partial charge is 0.337 e. The lowest BCUT2D eigenvalue weighted by molar-refractivity contribution is -0.345. The number of aliphatic hydroxyl groups is 5. The molecule has 2 fully saturated rings. The van der Waals surface area contributed by atoms with Crippen molar-refractivity contribution < 1.29 is 49.3 Å². The molecule has 26 heavy (non-hydrogen) atoms. The Kier molecular flexibility index (Phi) is 5.82. The number of cyclic esters (lactones) is 1. The molecule has 148 valence electrons. The van der Waals surface area contributed by atoms with E-state index in [2.05, 4.69) is 0 Å². The Morgan fingerprint density at radius 3 is 2.62 bits per heavy atom. The molecule has 3 aliphatic heterocycles. The zero-order valence-electron chi connectivity index (χ0n) is 14.2. The average molecular weight is 376 g/mol. The van der Waals surface area contributed by atoms with Crippen molar-refractivity contribution >= 4 is 5.97 Å². The van der Waals surface area contributed by atoms with Crippen molar-refractivity contribution in [2.24, 2.45) is 11.8 Å². The zero-order chi connectivity index (χ0) is 19.0. The molecule has 3 heterocycles. The molecular weight excluding hydrogens is 352 g/mol. The molecule has 0 aromatic rings. The van der Waals surface area contributed by atoms with E-state index in [0.717, 1.165) is 0 Å². The molecule has 1 unspecified atom stereocenters. The van der Waals surface area contributed by atoms with Crippen LogP contribution in [0.3, 0.4) is 0 Å². The second-order valence-corrected chi connectivity index (χ2v) is 6.76. The van der Waals surface area contributed by atoms with Gasteiger partial charge in [0.15, 0.2) is 6.29 Å². The van der Waals surface area contributed by atoms with E-state index in [9.17, 15) is 30.3 Å². The summed E-state index contributed by atoms with van der Waals surface area (Å²) in [5, 5.41) is 49.2. The van der Waals surface area contributed by atoms with E-state index < -0.39 is 61.6 Å². The quantitative estimate of drug-likeness (QED) is 0.335. The molecular formula is C16H24O10. The zero-order valence-corrected chi connectivity index (χ0v) is 14.2. The fraction of sp³-hybridized carbons (Fsp3) is 0.812. The summed E-state index contributed by atoms with van der Waals surface area (Å²) in [5.74, 6) is -1.52. The SMILES string of the molecule is CC(O)[C@H]1[C@H](O[C@@H]2O[C@H](CO)[C@@H](O)[C@H](O)[C@H]2O)OC=C2C(=O)OCC[C@H]21. The molecule has 10 heteroatoms. The number of carbonyl (C=O) groups excluding carboxylic acids is 1. The fourth-order valence-electron chi connectivity index (χ4n) is 3.62. The molecule has 0 aliphatic carbocycles. The first-order valence-corrected chi connectivity index (χ1v) is 8.51. The van der Waals surface area contributed by atoms with Gasteiger partial charge in [-0.3, -0.25) is 0 Å². The van der Waals surface area contributed by atoms with Crippen LogP contribution in [0.25, 0.3) is 0 Å². The second-order valence-electron chi connectivity index (χ2n) is 6.76. The largest absolute Gasteiger partial charge is 0.471 e. The Morgan fingerprint density at radius 1 is 1.23 bits per heavy atom. The Balaban J connectivity index is 1.78. The molecule has 3 aliphatic rings. The van der Waals surface area contributed by atoms with Crippen molar-refractivity contribution in [2.45, 2.75) is 56.4 Å². The summed E-state index contributed by atoms with van der Waals surface area (Å²) in [6, 6.07) is 0. The van der Waals surface area contributed by atoms with Gasteiger partial charge < -0.3 is 44.5 Å². The van der Waals surface area contributed by atoms with Gasteiger partial charge in [-0.1, -0.05) is 0 Å². The number of hydrogen-bond acceptors (Lipinski definition) is 10. The van der Waals surface area contributed by atoms with Crippen molar-refractivity contribution in [1.82, 2.24) is 0 Å². The van der Waals surface area contributed by atoms with E-state index in [4.69, 9.17) is 18.9 Å². The van der Waals surface area contributed by atoms with Crippen LogP contribution in [0.2, 0.25) is 0 Å². The summed E-state index contributed by atoms with van der Waals surface area (Å²) in [6.07, 6.45) is -7.51. The highest BCUT2D eigenvalue weighted by Crippen LogP contribution is 2.39. The maximum atomic E-state index is 11.9. The van der Waals surface area contributed by atoms with Gasteiger partial charge in [-0.15, -0.1) is 0 Å². The van der Waals surface area contributed by atoms with Crippen molar-refractivity contribution in [3.8, 4) is 0 Å². The van der Waals surface area contributed by atoms with Crippen LogP contribution in [-0.4, -0.2) is 87.8 Å². The molecule has 0 saturated carbocycles. The molecule has 9 atom stereocenters. The summed E-state index contributed by atoms with van der Waals surface area (Å²) >= 11 is 0. The Hall–Kier alpha value is -1.27. The van der Waals surface area contributed by atoms with Crippen molar-refractivity contribution in [1.29, 1.82) is 0 Å². The van der Waals surface area contributed by atoms with Gasteiger partial charge in [0.2, 0.25) is 6.29 Å². The summed E-state index contributed by atoms with van der Waals surface area (Å²) in [7, 11) is 0. The van der Waals surface area contributed by atoms with Crippen molar-refractivity contribution in [3.05, 3.63) is 11.8 Å². The fourth-order valence-corrected chi connectivity index (χ4v) is 3.62. The summed E-state index contributed by atoms with van der Waals surface area (Å²) in [6.45, 7) is 1.14. The predicted octanol–water partition coefficient (Wildman–Crippen LogP) is -2.40. The topological polar surface area (TPSA) is 155 Å². The number of aliphatic hydroxyl groups excluding tert-OH is 5. The highest BCUT2D eigenvalue weighted by Gasteiger charge is 2.49. The molecule has 3 rings (SSSR count). The van der Waals surface area contributed by atoms with Gasteiger partial charge in [0, 0.05) is 5.92 Å². The summed E-state index contributed by atoms with van der Waals surface area (Å²) in [4.78, 5) is 11.9. The van der Waals surface area contributed by atoms with Crippen LogP contribution in [0.5, 0.6) is 0 Å². The number of esters is 1. The molecule has 0 radical (unpaired) electrons. The number of ether oxygens (including phenoxy) is 4. The third kappa shape index (κ3) is 3.46. The van der Waals surface area contributed by atoms with Crippen LogP contribution < -0.4 is 0 Å².